The molecule has 0 saturated heterocycles. The van der Waals surface area contributed by atoms with Gasteiger partial charge in [-0.2, -0.15) is 0 Å². The maximum atomic E-state index is 10.6. The van der Waals surface area contributed by atoms with Gasteiger partial charge in [-0.3, -0.25) is 0 Å². The Hall–Kier alpha value is -1.63. The molecule has 2 rings (SSSR count). The van der Waals surface area contributed by atoms with Crippen molar-refractivity contribution < 1.29 is 4.79 Å². The maximum absolute atomic E-state index is 10.6. The van der Waals surface area contributed by atoms with Crippen molar-refractivity contribution in [1.82, 2.24) is 0 Å². The highest BCUT2D eigenvalue weighted by atomic mass is 16.1. The zero-order chi connectivity index (χ0) is 9.97. The van der Waals surface area contributed by atoms with Crippen LogP contribution in [0.1, 0.15) is 18.4 Å². The van der Waals surface area contributed by atoms with Gasteiger partial charge in [-0.25, -0.2) is 0 Å². The predicted octanol–water partition coefficient (Wildman–Crippen LogP) is 3.14. The quantitative estimate of drug-likeness (QED) is 0.655. The van der Waals surface area contributed by atoms with Crippen LogP contribution in [0.25, 0.3) is 10.8 Å². The largest absolute Gasteiger partial charge is 0.303 e. The first-order valence-electron chi connectivity index (χ1n) is 4.75. The van der Waals surface area contributed by atoms with E-state index in [1.807, 2.05) is 25.1 Å². The lowest BCUT2D eigenvalue weighted by Crippen LogP contribution is -1.93. The monoisotopic (exact) mass is 184 g/mol. The van der Waals surface area contributed by atoms with Crippen LogP contribution in [0.3, 0.4) is 0 Å². The fourth-order valence-electron chi connectivity index (χ4n) is 1.57. The molecule has 0 heterocycles. The number of aldehydes is 1. The number of benzene rings is 2. The molecule has 2 aromatic carbocycles. The van der Waals surface area contributed by atoms with Crippen LogP contribution in [0, 0.1) is 0 Å². The first-order chi connectivity index (χ1) is 6.81. The summed E-state index contributed by atoms with van der Waals surface area (Å²) >= 11 is 0. The zero-order valence-electron chi connectivity index (χ0n) is 8.10. The molecule has 0 bridgehead atoms. The number of fused-ring (bicyclic) bond motifs is 1. The van der Waals surface area contributed by atoms with E-state index in [0.29, 0.717) is 0 Å². The third kappa shape index (κ3) is 1.53. The smallest absolute Gasteiger partial charge is 0.127 e. The average molecular weight is 184 g/mol. The summed E-state index contributed by atoms with van der Waals surface area (Å²) in [7, 11) is 0. The fraction of sp³-hybridized carbons (Fsp3) is 0.154. The van der Waals surface area contributed by atoms with Crippen molar-refractivity contribution >= 4 is 17.1 Å². The van der Waals surface area contributed by atoms with Crippen molar-refractivity contribution in [2.75, 3.05) is 0 Å². The molecule has 0 saturated carbocycles. The van der Waals surface area contributed by atoms with Crippen molar-refractivity contribution in [1.29, 1.82) is 0 Å². The Morgan fingerprint density at radius 3 is 2.50 bits per heavy atom. The van der Waals surface area contributed by atoms with E-state index in [1.165, 1.54) is 10.8 Å². The Bertz CT molecular complexity index is 459. The van der Waals surface area contributed by atoms with E-state index < -0.39 is 0 Å². The lowest BCUT2D eigenvalue weighted by atomic mass is 9.99. The van der Waals surface area contributed by atoms with Gasteiger partial charge in [0.15, 0.2) is 0 Å². The Kier molecular flexibility index (Phi) is 2.32. The van der Waals surface area contributed by atoms with Crippen LogP contribution in [0.15, 0.2) is 42.5 Å². The van der Waals surface area contributed by atoms with Crippen LogP contribution < -0.4 is 0 Å². The number of hydrogen-bond acceptors (Lipinski definition) is 1. The molecule has 0 unspecified atom stereocenters. The molecular weight excluding hydrogens is 172 g/mol. The van der Waals surface area contributed by atoms with Gasteiger partial charge < -0.3 is 4.79 Å². The molecule has 1 heteroatoms. The third-order valence-corrected chi connectivity index (χ3v) is 2.50. The summed E-state index contributed by atoms with van der Waals surface area (Å²) in [6.45, 7) is 1.91. The first kappa shape index (κ1) is 8.95. The van der Waals surface area contributed by atoms with Gasteiger partial charge in [0.1, 0.15) is 6.29 Å². The first-order valence-corrected chi connectivity index (χ1v) is 4.75. The SMILES string of the molecule is C[C@@H](C=O)c1ccc2ccccc2c1. The highest BCUT2D eigenvalue weighted by molar-refractivity contribution is 5.83. The molecule has 0 fully saturated rings. The minimum Gasteiger partial charge on any atom is -0.303 e. The second-order valence-corrected chi connectivity index (χ2v) is 3.53. The van der Waals surface area contributed by atoms with Gasteiger partial charge in [0.2, 0.25) is 0 Å². The second kappa shape index (κ2) is 3.62. The van der Waals surface area contributed by atoms with E-state index >= 15 is 0 Å². The molecule has 0 amide bonds. The Labute approximate surface area is 83.4 Å². The van der Waals surface area contributed by atoms with E-state index in [1.54, 1.807) is 0 Å². The van der Waals surface area contributed by atoms with Gasteiger partial charge in [-0.15, -0.1) is 0 Å². The second-order valence-electron chi connectivity index (χ2n) is 3.53. The van der Waals surface area contributed by atoms with Crippen molar-refractivity contribution in [2.45, 2.75) is 12.8 Å². The summed E-state index contributed by atoms with van der Waals surface area (Å²) in [4.78, 5) is 10.6. The topological polar surface area (TPSA) is 17.1 Å². The van der Waals surface area contributed by atoms with Crippen LogP contribution in [0.5, 0.6) is 0 Å². The van der Waals surface area contributed by atoms with E-state index in [2.05, 4.69) is 24.3 Å². The van der Waals surface area contributed by atoms with Gasteiger partial charge in [0, 0.05) is 5.92 Å². The summed E-state index contributed by atoms with van der Waals surface area (Å²) in [5, 5.41) is 2.41. The molecule has 0 radical (unpaired) electrons. The summed E-state index contributed by atoms with van der Waals surface area (Å²) in [5.41, 5.74) is 1.08. The standard InChI is InChI=1S/C13H12O/c1-10(9-14)12-7-6-11-4-2-3-5-13(11)8-12/h2-10H,1H3/t10-/m0/s1. The Morgan fingerprint density at radius 2 is 1.79 bits per heavy atom. The van der Waals surface area contributed by atoms with Crippen molar-refractivity contribution in [3.05, 3.63) is 48.0 Å². The maximum Gasteiger partial charge on any atom is 0.127 e. The highest BCUT2D eigenvalue weighted by Gasteiger charge is 2.03. The zero-order valence-corrected chi connectivity index (χ0v) is 8.10. The summed E-state index contributed by atoms with van der Waals surface area (Å²) in [5.74, 6) is -0.0143. The summed E-state index contributed by atoms with van der Waals surface area (Å²) in [6.07, 6.45) is 0.976. The molecule has 0 aliphatic heterocycles. The average Bonchev–Trinajstić information content (AvgIpc) is 2.27. The molecule has 0 aromatic heterocycles. The molecule has 70 valence electrons. The van der Waals surface area contributed by atoms with Crippen molar-refractivity contribution in [2.24, 2.45) is 0 Å². The van der Waals surface area contributed by atoms with Crippen LogP contribution in [-0.2, 0) is 4.79 Å². The molecule has 14 heavy (non-hydrogen) atoms. The molecule has 0 aliphatic carbocycles. The van der Waals surface area contributed by atoms with Crippen LogP contribution in [-0.4, -0.2) is 6.29 Å². The molecule has 2 aromatic rings. The minimum atomic E-state index is -0.0143. The Morgan fingerprint density at radius 1 is 1.07 bits per heavy atom. The summed E-state index contributed by atoms with van der Waals surface area (Å²) in [6, 6.07) is 14.3. The van der Waals surface area contributed by atoms with Gasteiger partial charge in [-0.1, -0.05) is 49.4 Å². The fourth-order valence-corrected chi connectivity index (χ4v) is 1.57. The number of carbonyl (C=O) groups is 1. The van der Waals surface area contributed by atoms with Crippen molar-refractivity contribution in [3.63, 3.8) is 0 Å². The lowest BCUT2D eigenvalue weighted by Gasteiger charge is -2.05. The highest BCUT2D eigenvalue weighted by Crippen LogP contribution is 2.20. The summed E-state index contributed by atoms with van der Waals surface area (Å²) < 4.78 is 0. The Balaban J connectivity index is 2.56. The lowest BCUT2D eigenvalue weighted by molar-refractivity contribution is -0.108. The van der Waals surface area contributed by atoms with Crippen molar-refractivity contribution in [3.8, 4) is 0 Å². The van der Waals surface area contributed by atoms with E-state index in [4.69, 9.17) is 0 Å². The van der Waals surface area contributed by atoms with Gasteiger partial charge in [0.05, 0.1) is 0 Å². The van der Waals surface area contributed by atoms with Gasteiger partial charge in [0.25, 0.3) is 0 Å². The predicted molar refractivity (Wildman–Crippen MR) is 58.4 cm³/mol. The van der Waals surface area contributed by atoms with Crippen LogP contribution in [0.4, 0.5) is 0 Å². The van der Waals surface area contributed by atoms with Gasteiger partial charge in [-0.05, 0) is 16.3 Å². The van der Waals surface area contributed by atoms with E-state index in [0.717, 1.165) is 11.8 Å². The normalized spacial score (nSPS) is 12.6. The third-order valence-electron chi connectivity index (χ3n) is 2.50. The molecular formula is C13H12O. The van der Waals surface area contributed by atoms with Gasteiger partial charge >= 0.3 is 0 Å². The van der Waals surface area contributed by atoms with Crippen LogP contribution >= 0.6 is 0 Å². The molecule has 0 aliphatic rings. The molecule has 0 spiro atoms. The molecule has 0 N–H and O–H groups in total. The number of hydrogen-bond donors (Lipinski definition) is 0. The van der Waals surface area contributed by atoms with Crippen LogP contribution in [0.2, 0.25) is 0 Å². The molecule has 1 nitrogen and oxygen atoms in total. The minimum absolute atomic E-state index is 0.0143. The molecule has 1 atom stereocenters. The number of carbonyl (C=O) groups excluding carboxylic acids is 1. The van der Waals surface area contributed by atoms with E-state index in [9.17, 15) is 4.79 Å². The number of rotatable bonds is 2. The van der Waals surface area contributed by atoms with E-state index in [-0.39, 0.29) is 5.92 Å².